The molecule has 1 N–H and O–H groups in total. The van der Waals surface area contributed by atoms with Gasteiger partial charge in [-0.1, -0.05) is 6.92 Å². The molecule has 0 saturated heterocycles. The first-order valence-corrected chi connectivity index (χ1v) is 4.04. The number of thiol groups is 1. The highest BCUT2D eigenvalue weighted by atomic mass is 32.1. The van der Waals surface area contributed by atoms with E-state index in [2.05, 4.69) is 29.5 Å². The normalized spacial score (nSPS) is 13.4. The average Bonchev–Trinajstić information content (AvgIpc) is 2.40. The summed E-state index contributed by atoms with van der Waals surface area (Å²) in [6.45, 7) is 2.17. The molecule has 0 bridgehead atoms. The third kappa shape index (κ3) is 2.06. The van der Waals surface area contributed by atoms with Crippen LogP contribution in [0.4, 0.5) is 0 Å². The molecule has 1 aromatic rings. The molecular formula is C7H12N2S. The van der Waals surface area contributed by atoms with Gasteiger partial charge in [-0.15, -0.1) is 0 Å². The lowest BCUT2D eigenvalue weighted by molar-refractivity contribution is 0.650. The SMILES string of the molecule is C[C@@H](CS)Cc1cnc[nH]1. The van der Waals surface area contributed by atoms with Gasteiger partial charge in [-0.05, 0) is 18.1 Å². The molecule has 0 aliphatic heterocycles. The van der Waals surface area contributed by atoms with Crippen LogP contribution in [0, 0.1) is 5.92 Å². The molecule has 1 atom stereocenters. The van der Waals surface area contributed by atoms with Crippen LogP contribution in [-0.4, -0.2) is 15.7 Å². The predicted octanol–water partition coefficient (Wildman–Crippen LogP) is 1.52. The summed E-state index contributed by atoms with van der Waals surface area (Å²) < 4.78 is 0. The summed E-state index contributed by atoms with van der Waals surface area (Å²) in [5, 5.41) is 0. The van der Waals surface area contributed by atoms with Crippen LogP contribution in [-0.2, 0) is 6.42 Å². The van der Waals surface area contributed by atoms with Gasteiger partial charge in [0.2, 0.25) is 0 Å². The lowest BCUT2D eigenvalue weighted by Crippen LogP contribution is -2.00. The van der Waals surface area contributed by atoms with E-state index in [1.54, 1.807) is 6.33 Å². The molecule has 1 aromatic heterocycles. The van der Waals surface area contributed by atoms with Gasteiger partial charge in [0.1, 0.15) is 0 Å². The number of hydrogen-bond acceptors (Lipinski definition) is 2. The van der Waals surface area contributed by atoms with E-state index in [0.717, 1.165) is 12.2 Å². The molecule has 0 aliphatic rings. The van der Waals surface area contributed by atoms with Crippen molar-refractivity contribution in [3.05, 3.63) is 18.2 Å². The highest BCUT2D eigenvalue weighted by Gasteiger charge is 2.00. The van der Waals surface area contributed by atoms with Crippen molar-refractivity contribution in [1.29, 1.82) is 0 Å². The number of nitrogens with one attached hydrogen (secondary N) is 1. The van der Waals surface area contributed by atoms with Gasteiger partial charge in [0, 0.05) is 11.9 Å². The topological polar surface area (TPSA) is 28.7 Å². The number of hydrogen-bond donors (Lipinski definition) is 2. The first-order valence-electron chi connectivity index (χ1n) is 3.41. The zero-order chi connectivity index (χ0) is 7.40. The van der Waals surface area contributed by atoms with Crippen LogP contribution in [0.25, 0.3) is 0 Å². The molecule has 0 aliphatic carbocycles. The van der Waals surface area contributed by atoms with Crippen molar-refractivity contribution in [2.24, 2.45) is 5.92 Å². The van der Waals surface area contributed by atoms with E-state index in [4.69, 9.17) is 0 Å². The van der Waals surface area contributed by atoms with Gasteiger partial charge in [-0.2, -0.15) is 12.6 Å². The molecular weight excluding hydrogens is 144 g/mol. The van der Waals surface area contributed by atoms with Gasteiger partial charge in [0.15, 0.2) is 0 Å². The molecule has 10 heavy (non-hydrogen) atoms. The van der Waals surface area contributed by atoms with Crippen LogP contribution in [0.5, 0.6) is 0 Å². The van der Waals surface area contributed by atoms with Crippen LogP contribution in [0.3, 0.4) is 0 Å². The van der Waals surface area contributed by atoms with Gasteiger partial charge < -0.3 is 4.98 Å². The Hall–Kier alpha value is -0.440. The summed E-state index contributed by atoms with van der Waals surface area (Å²) >= 11 is 4.19. The molecule has 2 nitrogen and oxygen atoms in total. The molecule has 0 saturated carbocycles. The van der Waals surface area contributed by atoms with E-state index in [9.17, 15) is 0 Å². The van der Waals surface area contributed by atoms with E-state index >= 15 is 0 Å². The lowest BCUT2D eigenvalue weighted by atomic mass is 10.1. The average molecular weight is 156 g/mol. The van der Waals surface area contributed by atoms with E-state index in [0.29, 0.717) is 5.92 Å². The Kier molecular flexibility index (Phi) is 2.81. The molecule has 0 amide bonds. The van der Waals surface area contributed by atoms with Crippen molar-refractivity contribution >= 4 is 12.6 Å². The highest BCUT2D eigenvalue weighted by molar-refractivity contribution is 7.80. The largest absolute Gasteiger partial charge is 0.348 e. The lowest BCUT2D eigenvalue weighted by Gasteiger charge is -2.03. The number of nitrogens with zero attached hydrogens (tertiary/aromatic N) is 1. The summed E-state index contributed by atoms with van der Waals surface area (Å²) in [6, 6.07) is 0. The maximum atomic E-state index is 4.19. The summed E-state index contributed by atoms with van der Waals surface area (Å²) in [4.78, 5) is 6.99. The molecule has 1 rings (SSSR count). The van der Waals surface area contributed by atoms with Gasteiger partial charge in [0.05, 0.1) is 6.33 Å². The molecule has 56 valence electrons. The number of rotatable bonds is 3. The van der Waals surface area contributed by atoms with E-state index in [1.165, 1.54) is 5.69 Å². The Morgan fingerprint density at radius 3 is 3.10 bits per heavy atom. The third-order valence-electron chi connectivity index (χ3n) is 1.43. The van der Waals surface area contributed by atoms with Crippen molar-refractivity contribution in [3.8, 4) is 0 Å². The number of aromatic amines is 1. The molecule has 0 radical (unpaired) electrons. The molecule has 0 spiro atoms. The minimum absolute atomic E-state index is 0.629. The van der Waals surface area contributed by atoms with Gasteiger partial charge >= 0.3 is 0 Å². The van der Waals surface area contributed by atoms with Crippen LogP contribution >= 0.6 is 12.6 Å². The second kappa shape index (κ2) is 3.66. The predicted molar refractivity (Wildman–Crippen MR) is 45.3 cm³/mol. The van der Waals surface area contributed by atoms with Crippen molar-refractivity contribution < 1.29 is 0 Å². The minimum atomic E-state index is 0.629. The standard InChI is InChI=1S/C7H12N2S/c1-6(4-10)2-7-3-8-5-9-7/h3,5-6,10H,2,4H2,1H3,(H,8,9)/t6-/m1/s1. The van der Waals surface area contributed by atoms with Crippen LogP contribution in [0.15, 0.2) is 12.5 Å². The van der Waals surface area contributed by atoms with Crippen LogP contribution in [0.1, 0.15) is 12.6 Å². The highest BCUT2D eigenvalue weighted by Crippen LogP contribution is 2.05. The number of imidazole rings is 1. The van der Waals surface area contributed by atoms with Crippen LogP contribution < -0.4 is 0 Å². The summed E-state index contributed by atoms with van der Waals surface area (Å²) in [5.41, 5.74) is 1.20. The smallest absolute Gasteiger partial charge is 0.0921 e. The first kappa shape index (κ1) is 7.66. The monoisotopic (exact) mass is 156 g/mol. The Balaban J connectivity index is 2.40. The fourth-order valence-corrected chi connectivity index (χ4v) is 0.965. The quantitative estimate of drug-likeness (QED) is 0.638. The fraction of sp³-hybridized carbons (Fsp3) is 0.571. The first-order chi connectivity index (χ1) is 4.83. The second-order valence-corrected chi connectivity index (χ2v) is 2.93. The fourth-order valence-electron chi connectivity index (χ4n) is 0.836. The summed E-state index contributed by atoms with van der Waals surface area (Å²) in [7, 11) is 0. The van der Waals surface area contributed by atoms with Crippen molar-refractivity contribution in [2.75, 3.05) is 5.75 Å². The van der Waals surface area contributed by atoms with Crippen molar-refractivity contribution in [3.63, 3.8) is 0 Å². The Morgan fingerprint density at radius 2 is 2.60 bits per heavy atom. The zero-order valence-corrected chi connectivity index (χ0v) is 6.94. The Labute approximate surface area is 66.5 Å². The molecule has 0 aromatic carbocycles. The van der Waals surface area contributed by atoms with E-state index in [1.807, 2.05) is 6.20 Å². The zero-order valence-electron chi connectivity index (χ0n) is 6.04. The molecule has 3 heteroatoms. The van der Waals surface area contributed by atoms with Crippen molar-refractivity contribution in [1.82, 2.24) is 9.97 Å². The summed E-state index contributed by atoms with van der Waals surface area (Å²) in [6.07, 6.45) is 4.62. The van der Waals surface area contributed by atoms with Gasteiger partial charge in [0.25, 0.3) is 0 Å². The van der Waals surface area contributed by atoms with Crippen LogP contribution in [0.2, 0.25) is 0 Å². The molecule has 1 heterocycles. The molecule has 0 fully saturated rings. The van der Waals surface area contributed by atoms with Gasteiger partial charge in [-0.3, -0.25) is 0 Å². The number of aromatic nitrogens is 2. The third-order valence-corrected chi connectivity index (χ3v) is 2.06. The molecule has 0 unspecified atom stereocenters. The Bertz CT molecular complexity index is 172. The number of H-pyrrole nitrogens is 1. The summed E-state index contributed by atoms with van der Waals surface area (Å²) in [5.74, 6) is 1.56. The van der Waals surface area contributed by atoms with E-state index < -0.39 is 0 Å². The Morgan fingerprint density at radius 1 is 1.80 bits per heavy atom. The van der Waals surface area contributed by atoms with E-state index in [-0.39, 0.29) is 0 Å². The maximum Gasteiger partial charge on any atom is 0.0921 e. The van der Waals surface area contributed by atoms with Gasteiger partial charge in [-0.25, -0.2) is 4.98 Å². The second-order valence-electron chi connectivity index (χ2n) is 2.57. The minimum Gasteiger partial charge on any atom is -0.348 e. The maximum absolute atomic E-state index is 4.19. The van der Waals surface area contributed by atoms with Crippen molar-refractivity contribution in [2.45, 2.75) is 13.3 Å².